The molecule has 2 heterocycles. The number of rotatable bonds is 2. The molecule has 0 saturated heterocycles. The second-order valence-electron chi connectivity index (χ2n) is 5.08. The Morgan fingerprint density at radius 3 is 1.79 bits per heavy atom. The van der Waals surface area contributed by atoms with Crippen molar-refractivity contribution >= 4 is 35.1 Å². The molecule has 0 aliphatic heterocycles. The Bertz CT molecular complexity index is 693. The highest BCUT2D eigenvalue weighted by Gasteiger charge is 2.13. The molecule has 24 heavy (non-hydrogen) atoms. The molecule has 0 unspecified atom stereocenters. The molecule has 2 rings (SSSR count). The second-order valence-corrected chi connectivity index (χ2v) is 5.82. The Morgan fingerprint density at radius 1 is 0.875 bits per heavy atom. The van der Waals surface area contributed by atoms with E-state index in [9.17, 15) is 9.59 Å². The van der Waals surface area contributed by atoms with Gasteiger partial charge in [0.15, 0.2) is 0 Å². The average molecular weight is 371 g/mol. The third-order valence-corrected chi connectivity index (χ3v) is 3.56. The van der Waals surface area contributed by atoms with E-state index in [-0.39, 0.29) is 16.3 Å². The van der Waals surface area contributed by atoms with Gasteiger partial charge in [0.2, 0.25) is 0 Å². The molecule has 128 valence electrons. The maximum Gasteiger partial charge on any atom is 0.339 e. The van der Waals surface area contributed by atoms with Crippen LogP contribution in [0, 0.1) is 27.7 Å². The number of hydrogen-bond acceptors (Lipinski definition) is 4. The van der Waals surface area contributed by atoms with E-state index in [4.69, 9.17) is 33.4 Å². The summed E-state index contributed by atoms with van der Waals surface area (Å²) in [5, 5.41) is 17.9. The van der Waals surface area contributed by atoms with Gasteiger partial charge >= 0.3 is 11.9 Å². The Morgan fingerprint density at radius 2 is 1.38 bits per heavy atom. The molecule has 0 aliphatic carbocycles. The number of halogens is 2. The van der Waals surface area contributed by atoms with E-state index in [0.717, 1.165) is 5.69 Å². The van der Waals surface area contributed by atoms with Gasteiger partial charge in [0.05, 0.1) is 16.8 Å². The van der Waals surface area contributed by atoms with E-state index >= 15 is 0 Å². The predicted molar refractivity (Wildman–Crippen MR) is 91.4 cm³/mol. The van der Waals surface area contributed by atoms with Gasteiger partial charge in [0.25, 0.3) is 0 Å². The lowest BCUT2D eigenvalue weighted by Gasteiger charge is -2.03. The van der Waals surface area contributed by atoms with E-state index in [1.165, 1.54) is 6.07 Å². The SMILES string of the molecule is Cc1cc(C)c(C(=O)O)c(Cl)n1.Cc1cc(Cl)nc(C)c1C(=O)O. The zero-order chi connectivity index (χ0) is 18.6. The summed E-state index contributed by atoms with van der Waals surface area (Å²) in [6.07, 6.45) is 0. The minimum absolute atomic E-state index is 0.0556. The molecule has 2 aromatic heterocycles. The fraction of sp³-hybridized carbons (Fsp3) is 0.250. The van der Waals surface area contributed by atoms with Crippen LogP contribution in [-0.4, -0.2) is 32.1 Å². The van der Waals surface area contributed by atoms with Crippen LogP contribution >= 0.6 is 23.2 Å². The molecule has 0 amide bonds. The molecule has 0 bridgehead atoms. The maximum atomic E-state index is 10.7. The van der Waals surface area contributed by atoms with Crippen LogP contribution in [0.1, 0.15) is 43.2 Å². The van der Waals surface area contributed by atoms with Crippen LogP contribution in [0.4, 0.5) is 0 Å². The van der Waals surface area contributed by atoms with Gasteiger partial charge in [-0.3, -0.25) is 0 Å². The van der Waals surface area contributed by atoms with Crippen molar-refractivity contribution in [2.45, 2.75) is 27.7 Å². The molecule has 2 N–H and O–H groups in total. The highest BCUT2D eigenvalue weighted by molar-refractivity contribution is 6.32. The quantitative estimate of drug-likeness (QED) is 0.771. The van der Waals surface area contributed by atoms with Gasteiger partial charge in [-0.15, -0.1) is 0 Å². The van der Waals surface area contributed by atoms with Gasteiger partial charge in [0, 0.05) is 5.69 Å². The number of hydrogen-bond donors (Lipinski definition) is 2. The first-order valence-electron chi connectivity index (χ1n) is 6.78. The first kappa shape index (κ1) is 19.9. The van der Waals surface area contributed by atoms with Crippen LogP contribution in [0.25, 0.3) is 0 Å². The third kappa shape index (κ3) is 4.91. The topological polar surface area (TPSA) is 100 Å². The lowest BCUT2D eigenvalue weighted by atomic mass is 10.1. The van der Waals surface area contributed by atoms with Crippen molar-refractivity contribution in [1.82, 2.24) is 9.97 Å². The van der Waals surface area contributed by atoms with Crippen LogP contribution in [0.2, 0.25) is 10.3 Å². The van der Waals surface area contributed by atoms with Crippen molar-refractivity contribution in [3.05, 3.63) is 56.1 Å². The first-order chi connectivity index (χ1) is 11.0. The summed E-state index contributed by atoms with van der Waals surface area (Å²) in [4.78, 5) is 29.0. The number of carboxylic acids is 2. The first-order valence-corrected chi connectivity index (χ1v) is 7.54. The van der Waals surface area contributed by atoms with Crippen LogP contribution in [0.5, 0.6) is 0 Å². The van der Waals surface area contributed by atoms with Gasteiger partial charge in [-0.1, -0.05) is 23.2 Å². The second kappa shape index (κ2) is 8.08. The van der Waals surface area contributed by atoms with Gasteiger partial charge in [-0.05, 0) is 51.0 Å². The Labute approximate surface area is 149 Å². The number of aromatic carboxylic acids is 2. The van der Waals surface area contributed by atoms with E-state index in [0.29, 0.717) is 22.0 Å². The standard InChI is InChI=1S/2C8H8ClNO2/c1-4-3-6(9)10-5(2)7(4)8(11)12;1-4-3-5(2)10-7(9)6(4)8(11)12/h2*3H,1-2H3,(H,11,12). The highest BCUT2D eigenvalue weighted by Crippen LogP contribution is 2.18. The number of carbonyl (C=O) groups is 2. The largest absolute Gasteiger partial charge is 0.478 e. The van der Waals surface area contributed by atoms with E-state index < -0.39 is 11.9 Å². The van der Waals surface area contributed by atoms with Crippen LogP contribution in [-0.2, 0) is 0 Å². The molecular formula is C16H16Cl2N2O4. The van der Waals surface area contributed by atoms with E-state index in [1.54, 1.807) is 33.8 Å². The minimum Gasteiger partial charge on any atom is -0.478 e. The predicted octanol–water partition coefficient (Wildman–Crippen LogP) is 4.10. The van der Waals surface area contributed by atoms with Crippen molar-refractivity contribution < 1.29 is 19.8 Å². The number of nitrogens with zero attached hydrogens (tertiary/aromatic N) is 2. The van der Waals surface area contributed by atoms with Gasteiger partial charge in [-0.25, -0.2) is 19.6 Å². The molecular weight excluding hydrogens is 355 g/mol. The molecule has 0 aliphatic rings. The van der Waals surface area contributed by atoms with Crippen LogP contribution in [0.15, 0.2) is 12.1 Å². The number of aryl methyl sites for hydroxylation is 4. The minimum atomic E-state index is -1.04. The monoisotopic (exact) mass is 370 g/mol. The van der Waals surface area contributed by atoms with E-state index in [2.05, 4.69) is 9.97 Å². The normalized spacial score (nSPS) is 9.92. The number of aromatic nitrogens is 2. The van der Waals surface area contributed by atoms with Crippen LogP contribution in [0.3, 0.4) is 0 Å². The average Bonchev–Trinajstić information content (AvgIpc) is 2.35. The van der Waals surface area contributed by atoms with Gasteiger partial charge in [0.1, 0.15) is 10.3 Å². The summed E-state index contributed by atoms with van der Waals surface area (Å²) in [6, 6.07) is 3.23. The third-order valence-electron chi connectivity index (χ3n) is 3.09. The maximum absolute atomic E-state index is 10.7. The highest BCUT2D eigenvalue weighted by atomic mass is 35.5. The van der Waals surface area contributed by atoms with E-state index in [1.807, 2.05) is 0 Å². The molecule has 8 heteroatoms. The van der Waals surface area contributed by atoms with Crippen LogP contribution < -0.4 is 0 Å². The summed E-state index contributed by atoms with van der Waals surface area (Å²) < 4.78 is 0. The van der Waals surface area contributed by atoms with Gasteiger partial charge < -0.3 is 10.2 Å². The van der Waals surface area contributed by atoms with Crippen molar-refractivity contribution in [2.75, 3.05) is 0 Å². The smallest absolute Gasteiger partial charge is 0.339 e. The number of pyridine rings is 2. The summed E-state index contributed by atoms with van der Waals surface area (Å²) in [6.45, 7) is 6.79. The molecule has 0 fully saturated rings. The molecule has 0 aromatic carbocycles. The fourth-order valence-electron chi connectivity index (χ4n) is 2.16. The van der Waals surface area contributed by atoms with Crippen molar-refractivity contribution in [1.29, 1.82) is 0 Å². The van der Waals surface area contributed by atoms with Crippen molar-refractivity contribution in [3.8, 4) is 0 Å². The lowest BCUT2D eigenvalue weighted by Crippen LogP contribution is -2.04. The Balaban J connectivity index is 0.000000240. The molecule has 0 spiro atoms. The fourth-order valence-corrected chi connectivity index (χ4v) is 2.81. The van der Waals surface area contributed by atoms with Gasteiger partial charge in [-0.2, -0.15) is 0 Å². The molecule has 6 nitrogen and oxygen atoms in total. The summed E-state index contributed by atoms with van der Waals surface area (Å²) in [5.74, 6) is -2.00. The zero-order valence-corrected chi connectivity index (χ0v) is 15.0. The molecule has 0 saturated carbocycles. The Kier molecular flexibility index (Phi) is 6.69. The molecule has 0 radical (unpaired) electrons. The zero-order valence-electron chi connectivity index (χ0n) is 13.5. The molecule has 0 atom stereocenters. The summed E-state index contributed by atoms with van der Waals surface area (Å²) in [7, 11) is 0. The summed E-state index contributed by atoms with van der Waals surface area (Å²) in [5.41, 5.74) is 2.77. The lowest BCUT2D eigenvalue weighted by molar-refractivity contribution is 0.0684. The number of carboxylic acid groups (broad SMARTS) is 2. The Hall–Kier alpha value is -2.18. The van der Waals surface area contributed by atoms with Crippen molar-refractivity contribution in [2.24, 2.45) is 0 Å². The van der Waals surface area contributed by atoms with Crippen molar-refractivity contribution in [3.63, 3.8) is 0 Å². The molecule has 2 aromatic rings. The summed E-state index contributed by atoms with van der Waals surface area (Å²) >= 11 is 11.3.